The third-order valence-electron chi connectivity index (χ3n) is 3.36. The number of likely N-dealkylation sites (tertiary alicyclic amines) is 1. The van der Waals surface area contributed by atoms with E-state index in [0.717, 1.165) is 12.2 Å². The number of hydrogen-bond acceptors (Lipinski definition) is 4. The Labute approximate surface area is 102 Å². The molecule has 2 rings (SSSR count). The molecule has 0 spiro atoms. The first kappa shape index (κ1) is 11.9. The summed E-state index contributed by atoms with van der Waals surface area (Å²) in [6, 6.07) is 3.93. The molecule has 0 aliphatic carbocycles. The van der Waals surface area contributed by atoms with Crippen molar-refractivity contribution in [2.24, 2.45) is 5.92 Å². The van der Waals surface area contributed by atoms with Crippen LogP contribution in [0.2, 0.25) is 0 Å². The number of nitrogens with zero attached hydrogens (tertiary/aromatic N) is 3. The molecule has 90 valence electrons. The van der Waals surface area contributed by atoms with Crippen molar-refractivity contribution in [1.29, 1.82) is 5.26 Å². The van der Waals surface area contributed by atoms with Crippen molar-refractivity contribution in [2.45, 2.75) is 12.8 Å². The van der Waals surface area contributed by atoms with Crippen molar-refractivity contribution in [3.63, 3.8) is 0 Å². The summed E-state index contributed by atoms with van der Waals surface area (Å²) in [4.78, 5) is 6.41. The van der Waals surface area contributed by atoms with E-state index in [0.29, 0.717) is 11.5 Å². The van der Waals surface area contributed by atoms with E-state index < -0.39 is 0 Å². The van der Waals surface area contributed by atoms with Crippen LogP contribution in [0, 0.1) is 17.2 Å². The van der Waals surface area contributed by atoms with Crippen LogP contribution in [0.3, 0.4) is 0 Å². The molecule has 4 heteroatoms. The van der Waals surface area contributed by atoms with E-state index in [4.69, 9.17) is 5.26 Å². The fourth-order valence-corrected chi connectivity index (χ4v) is 2.15. The number of aromatic nitrogens is 1. The predicted octanol–water partition coefficient (Wildman–Crippen LogP) is 1.71. The summed E-state index contributed by atoms with van der Waals surface area (Å²) in [6.45, 7) is 3.28. The average molecular weight is 230 g/mol. The topological polar surface area (TPSA) is 52.0 Å². The average Bonchev–Trinajstić information content (AvgIpc) is 2.38. The maximum absolute atomic E-state index is 8.97. The van der Waals surface area contributed by atoms with Crippen molar-refractivity contribution in [1.82, 2.24) is 9.88 Å². The molecule has 2 heterocycles. The Hall–Kier alpha value is -1.60. The van der Waals surface area contributed by atoms with Gasteiger partial charge in [-0.2, -0.15) is 5.26 Å². The summed E-state index contributed by atoms with van der Waals surface area (Å²) < 4.78 is 0. The van der Waals surface area contributed by atoms with Crippen LogP contribution in [-0.4, -0.2) is 36.6 Å². The highest BCUT2D eigenvalue weighted by Crippen LogP contribution is 2.18. The van der Waals surface area contributed by atoms with Gasteiger partial charge in [-0.05, 0) is 45.0 Å². The van der Waals surface area contributed by atoms with Crippen LogP contribution in [0.25, 0.3) is 0 Å². The number of nitrogens with one attached hydrogen (secondary N) is 1. The van der Waals surface area contributed by atoms with Crippen molar-refractivity contribution < 1.29 is 0 Å². The fraction of sp³-hybridized carbons (Fsp3) is 0.538. The molecule has 1 aliphatic rings. The van der Waals surface area contributed by atoms with E-state index in [-0.39, 0.29) is 0 Å². The lowest BCUT2D eigenvalue weighted by atomic mass is 9.97. The third-order valence-corrected chi connectivity index (χ3v) is 3.36. The van der Waals surface area contributed by atoms with Gasteiger partial charge in [0.05, 0.1) is 17.4 Å². The number of nitriles is 1. The van der Waals surface area contributed by atoms with Crippen molar-refractivity contribution >= 4 is 5.69 Å². The van der Waals surface area contributed by atoms with Crippen molar-refractivity contribution in [3.8, 4) is 6.07 Å². The molecule has 1 aromatic rings. The van der Waals surface area contributed by atoms with Crippen molar-refractivity contribution in [3.05, 3.63) is 24.0 Å². The maximum Gasteiger partial charge on any atom is 0.101 e. The van der Waals surface area contributed by atoms with Gasteiger partial charge >= 0.3 is 0 Å². The van der Waals surface area contributed by atoms with Crippen molar-refractivity contribution in [2.75, 3.05) is 32.0 Å². The van der Waals surface area contributed by atoms with Gasteiger partial charge in [0.15, 0.2) is 0 Å². The summed E-state index contributed by atoms with van der Waals surface area (Å²) in [7, 11) is 2.17. The molecule has 0 saturated carbocycles. The lowest BCUT2D eigenvalue weighted by Gasteiger charge is -2.29. The molecule has 1 aromatic heterocycles. The molecular formula is C13H18N4. The van der Waals surface area contributed by atoms with Gasteiger partial charge in [-0.3, -0.25) is 4.98 Å². The molecule has 1 saturated heterocycles. The molecule has 0 atom stereocenters. The SMILES string of the molecule is CN1CCC(CNc2cnccc2C#N)CC1. The van der Waals surface area contributed by atoms with E-state index >= 15 is 0 Å². The number of anilines is 1. The zero-order valence-corrected chi connectivity index (χ0v) is 10.2. The maximum atomic E-state index is 8.97. The van der Waals surface area contributed by atoms with Crippen LogP contribution in [0.15, 0.2) is 18.5 Å². The van der Waals surface area contributed by atoms with Gasteiger partial charge in [-0.1, -0.05) is 0 Å². The zero-order chi connectivity index (χ0) is 12.1. The molecule has 0 amide bonds. The molecule has 0 unspecified atom stereocenters. The van der Waals surface area contributed by atoms with Crippen LogP contribution >= 0.6 is 0 Å². The zero-order valence-electron chi connectivity index (χ0n) is 10.2. The summed E-state index contributed by atoms with van der Waals surface area (Å²) in [6.07, 6.45) is 5.84. The summed E-state index contributed by atoms with van der Waals surface area (Å²) in [5.74, 6) is 0.706. The molecule has 0 bridgehead atoms. The smallest absolute Gasteiger partial charge is 0.101 e. The Balaban J connectivity index is 1.88. The van der Waals surface area contributed by atoms with E-state index in [9.17, 15) is 0 Å². The van der Waals surface area contributed by atoms with Crippen LogP contribution < -0.4 is 5.32 Å². The van der Waals surface area contributed by atoms with Gasteiger partial charge in [0.2, 0.25) is 0 Å². The van der Waals surface area contributed by atoms with Gasteiger partial charge in [-0.15, -0.1) is 0 Å². The van der Waals surface area contributed by atoms with Crippen LogP contribution in [0.4, 0.5) is 5.69 Å². The predicted molar refractivity (Wildman–Crippen MR) is 67.7 cm³/mol. The lowest BCUT2D eigenvalue weighted by Crippen LogP contribution is -2.33. The molecule has 0 aromatic carbocycles. The second kappa shape index (κ2) is 5.65. The highest BCUT2D eigenvalue weighted by atomic mass is 15.1. The quantitative estimate of drug-likeness (QED) is 0.858. The number of rotatable bonds is 3. The molecule has 1 aliphatic heterocycles. The van der Waals surface area contributed by atoms with Gasteiger partial charge in [0.1, 0.15) is 6.07 Å². The van der Waals surface area contributed by atoms with Crippen LogP contribution in [0.1, 0.15) is 18.4 Å². The van der Waals surface area contributed by atoms with E-state index in [1.807, 2.05) is 0 Å². The molecule has 17 heavy (non-hydrogen) atoms. The molecule has 1 fully saturated rings. The fourth-order valence-electron chi connectivity index (χ4n) is 2.15. The normalized spacial score (nSPS) is 17.6. The summed E-state index contributed by atoms with van der Waals surface area (Å²) in [5, 5.41) is 12.3. The Bertz CT molecular complexity index is 402. The minimum atomic E-state index is 0.674. The summed E-state index contributed by atoms with van der Waals surface area (Å²) >= 11 is 0. The van der Waals surface area contributed by atoms with Gasteiger partial charge in [0.25, 0.3) is 0 Å². The molecular weight excluding hydrogens is 212 g/mol. The van der Waals surface area contributed by atoms with Crippen LogP contribution in [-0.2, 0) is 0 Å². The second-order valence-electron chi connectivity index (χ2n) is 4.66. The number of piperidine rings is 1. The standard InChI is InChI=1S/C13H18N4/c1-17-6-3-11(4-7-17)9-16-13-10-15-5-2-12(13)8-14/h2,5,10-11,16H,3-4,6-7,9H2,1H3. The lowest BCUT2D eigenvalue weighted by molar-refractivity contribution is 0.226. The first-order chi connectivity index (χ1) is 8.29. The Morgan fingerprint density at radius 2 is 2.29 bits per heavy atom. The van der Waals surface area contributed by atoms with Crippen LogP contribution in [0.5, 0.6) is 0 Å². The number of pyridine rings is 1. The highest BCUT2D eigenvalue weighted by molar-refractivity contribution is 5.55. The summed E-state index contributed by atoms with van der Waals surface area (Å²) in [5.41, 5.74) is 1.53. The minimum Gasteiger partial charge on any atom is -0.382 e. The third kappa shape index (κ3) is 3.18. The van der Waals surface area contributed by atoms with Gasteiger partial charge in [-0.25, -0.2) is 0 Å². The second-order valence-corrected chi connectivity index (χ2v) is 4.66. The van der Waals surface area contributed by atoms with E-state index in [2.05, 4.69) is 28.3 Å². The Morgan fingerprint density at radius 3 is 3.00 bits per heavy atom. The highest BCUT2D eigenvalue weighted by Gasteiger charge is 2.16. The molecule has 4 nitrogen and oxygen atoms in total. The molecule has 1 N–H and O–H groups in total. The van der Waals surface area contributed by atoms with E-state index in [1.165, 1.54) is 25.9 Å². The Kier molecular flexibility index (Phi) is 3.94. The van der Waals surface area contributed by atoms with Gasteiger partial charge in [0, 0.05) is 12.7 Å². The monoisotopic (exact) mass is 230 g/mol. The first-order valence-corrected chi connectivity index (χ1v) is 6.06. The first-order valence-electron chi connectivity index (χ1n) is 6.06. The molecule has 0 radical (unpaired) electrons. The van der Waals surface area contributed by atoms with Gasteiger partial charge < -0.3 is 10.2 Å². The largest absolute Gasteiger partial charge is 0.382 e. The Morgan fingerprint density at radius 1 is 1.53 bits per heavy atom. The number of hydrogen-bond donors (Lipinski definition) is 1. The van der Waals surface area contributed by atoms with E-state index in [1.54, 1.807) is 18.5 Å². The minimum absolute atomic E-state index is 0.674.